The second-order valence-electron chi connectivity index (χ2n) is 5.61. The molecular formula is C17H20ClN3O2S. The van der Waals surface area contributed by atoms with Crippen molar-refractivity contribution in [2.45, 2.75) is 13.0 Å². The summed E-state index contributed by atoms with van der Waals surface area (Å²) in [4.78, 5) is 26.1. The van der Waals surface area contributed by atoms with Gasteiger partial charge in [-0.1, -0.05) is 17.7 Å². The number of nitrogens with zero attached hydrogens (tertiary/aromatic N) is 1. The fraction of sp³-hybridized carbons (Fsp3) is 0.294. The molecule has 128 valence electrons. The minimum Gasteiger partial charge on any atom is -0.346 e. The Hall–Kier alpha value is -1.89. The maximum absolute atomic E-state index is 12.1. The number of likely N-dealkylation sites (N-methyl/N-ethyl adjacent to an activating group) is 1. The van der Waals surface area contributed by atoms with Crippen molar-refractivity contribution in [3.05, 3.63) is 51.2 Å². The van der Waals surface area contributed by atoms with Crippen LogP contribution in [0.2, 0.25) is 5.02 Å². The van der Waals surface area contributed by atoms with Gasteiger partial charge < -0.3 is 15.5 Å². The number of benzene rings is 1. The number of hydrogen-bond acceptors (Lipinski definition) is 4. The number of hydrogen-bond donors (Lipinski definition) is 2. The molecule has 5 nitrogen and oxygen atoms in total. The predicted octanol–water partition coefficient (Wildman–Crippen LogP) is 3.07. The molecule has 2 rings (SSSR count). The van der Waals surface area contributed by atoms with E-state index in [1.54, 1.807) is 36.5 Å². The highest BCUT2D eigenvalue weighted by Gasteiger charge is 2.19. The molecule has 2 amide bonds. The fourth-order valence-electron chi connectivity index (χ4n) is 2.25. The lowest BCUT2D eigenvalue weighted by molar-refractivity contribution is -0.136. The van der Waals surface area contributed by atoms with Crippen molar-refractivity contribution in [2.24, 2.45) is 0 Å². The number of rotatable bonds is 5. The van der Waals surface area contributed by atoms with Crippen LogP contribution in [0.3, 0.4) is 0 Å². The highest BCUT2D eigenvalue weighted by atomic mass is 35.5. The summed E-state index contributed by atoms with van der Waals surface area (Å²) in [5, 5.41) is 9.84. The average molecular weight is 366 g/mol. The topological polar surface area (TPSA) is 61.4 Å². The summed E-state index contributed by atoms with van der Waals surface area (Å²) < 4.78 is 0. The van der Waals surface area contributed by atoms with E-state index in [9.17, 15) is 9.59 Å². The van der Waals surface area contributed by atoms with Crippen LogP contribution in [0.5, 0.6) is 0 Å². The summed E-state index contributed by atoms with van der Waals surface area (Å²) in [6.07, 6.45) is 0. The molecule has 0 fully saturated rings. The predicted molar refractivity (Wildman–Crippen MR) is 98.6 cm³/mol. The first-order valence-corrected chi connectivity index (χ1v) is 8.75. The highest BCUT2D eigenvalue weighted by Crippen LogP contribution is 2.23. The van der Waals surface area contributed by atoms with Crippen molar-refractivity contribution < 1.29 is 9.59 Å². The molecule has 0 aliphatic rings. The van der Waals surface area contributed by atoms with Crippen LogP contribution in [0.15, 0.2) is 35.0 Å². The van der Waals surface area contributed by atoms with E-state index >= 15 is 0 Å². The monoisotopic (exact) mass is 365 g/mol. The van der Waals surface area contributed by atoms with Gasteiger partial charge in [0.05, 0.1) is 6.04 Å². The van der Waals surface area contributed by atoms with E-state index in [1.165, 1.54) is 0 Å². The van der Waals surface area contributed by atoms with Crippen LogP contribution in [-0.2, 0) is 9.59 Å². The summed E-state index contributed by atoms with van der Waals surface area (Å²) in [7, 11) is 3.87. The van der Waals surface area contributed by atoms with Crippen molar-refractivity contribution in [3.8, 4) is 0 Å². The molecule has 24 heavy (non-hydrogen) atoms. The van der Waals surface area contributed by atoms with Crippen molar-refractivity contribution in [1.29, 1.82) is 0 Å². The molecule has 0 saturated carbocycles. The molecular weight excluding hydrogens is 346 g/mol. The van der Waals surface area contributed by atoms with Gasteiger partial charge in [-0.3, -0.25) is 9.59 Å². The molecule has 2 aromatic rings. The van der Waals surface area contributed by atoms with E-state index in [-0.39, 0.29) is 6.04 Å². The first-order chi connectivity index (χ1) is 11.4. The zero-order valence-corrected chi connectivity index (χ0v) is 15.4. The Morgan fingerprint density at radius 3 is 2.62 bits per heavy atom. The molecule has 1 aromatic carbocycles. The largest absolute Gasteiger partial charge is 0.346 e. The minimum atomic E-state index is -0.705. The Morgan fingerprint density at radius 2 is 2.00 bits per heavy atom. The lowest BCUT2D eigenvalue weighted by Crippen LogP contribution is -2.40. The Labute approximate surface area is 150 Å². The molecule has 7 heteroatoms. The number of amides is 2. The Balaban J connectivity index is 1.96. The zero-order chi connectivity index (χ0) is 17.7. The van der Waals surface area contributed by atoms with E-state index < -0.39 is 11.8 Å². The van der Waals surface area contributed by atoms with Crippen molar-refractivity contribution in [2.75, 3.05) is 26.0 Å². The molecule has 0 radical (unpaired) electrons. The van der Waals surface area contributed by atoms with Crippen molar-refractivity contribution >= 4 is 40.4 Å². The van der Waals surface area contributed by atoms with Crippen LogP contribution >= 0.6 is 22.9 Å². The normalized spacial score (nSPS) is 12.0. The third kappa shape index (κ3) is 4.56. The average Bonchev–Trinajstić information content (AvgIpc) is 3.05. The molecule has 1 unspecified atom stereocenters. The van der Waals surface area contributed by atoms with Crippen LogP contribution in [0.25, 0.3) is 0 Å². The Kier molecular flexibility index (Phi) is 6.36. The van der Waals surface area contributed by atoms with Crippen molar-refractivity contribution in [3.63, 3.8) is 0 Å². The molecule has 1 atom stereocenters. The van der Waals surface area contributed by atoms with Gasteiger partial charge in [-0.05, 0) is 61.1 Å². The van der Waals surface area contributed by atoms with E-state index in [1.807, 2.05) is 35.8 Å². The molecule has 0 saturated heterocycles. The van der Waals surface area contributed by atoms with Gasteiger partial charge >= 0.3 is 11.8 Å². The molecule has 0 aliphatic heterocycles. The lowest BCUT2D eigenvalue weighted by atomic mass is 10.1. The summed E-state index contributed by atoms with van der Waals surface area (Å²) in [5.74, 6) is -1.38. The van der Waals surface area contributed by atoms with E-state index in [0.29, 0.717) is 17.3 Å². The first kappa shape index (κ1) is 18.4. The van der Waals surface area contributed by atoms with Gasteiger partial charge in [0.2, 0.25) is 0 Å². The summed E-state index contributed by atoms with van der Waals surface area (Å²) in [5.41, 5.74) is 2.37. The number of halogens is 1. The van der Waals surface area contributed by atoms with Gasteiger partial charge in [0.1, 0.15) is 0 Å². The van der Waals surface area contributed by atoms with Gasteiger partial charge in [-0.15, -0.1) is 0 Å². The van der Waals surface area contributed by atoms with Crippen LogP contribution in [0.1, 0.15) is 17.2 Å². The first-order valence-electron chi connectivity index (χ1n) is 7.43. The molecule has 0 bridgehead atoms. The van der Waals surface area contributed by atoms with E-state index in [0.717, 1.165) is 11.1 Å². The number of anilines is 1. The van der Waals surface area contributed by atoms with E-state index in [4.69, 9.17) is 11.6 Å². The second kappa shape index (κ2) is 8.28. The standard InChI is InChI=1S/C17H20ClN3O2S/c1-11-13(18)5-4-6-14(11)20-17(23)16(22)19-9-15(21(2)3)12-7-8-24-10-12/h4-8,10,15H,9H2,1-3H3,(H,19,22)(H,20,23). The second-order valence-corrected chi connectivity index (χ2v) is 6.80. The highest BCUT2D eigenvalue weighted by molar-refractivity contribution is 7.08. The maximum Gasteiger partial charge on any atom is 0.313 e. The number of carbonyl (C=O) groups is 2. The van der Waals surface area contributed by atoms with Crippen LogP contribution in [0, 0.1) is 6.92 Å². The molecule has 1 aromatic heterocycles. The number of thiophene rings is 1. The third-order valence-corrected chi connectivity index (χ3v) is 4.84. The fourth-order valence-corrected chi connectivity index (χ4v) is 3.14. The number of nitrogens with one attached hydrogen (secondary N) is 2. The van der Waals surface area contributed by atoms with Crippen LogP contribution in [0.4, 0.5) is 5.69 Å². The van der Waals surface area contributed by atoms with Gasteiger partial charge in [-0.2, -0.15) is 11.3 Å². The lowest BCUT2D eigenvalue weighted by Gasteiger charge is -2.23. The molecule has 2 N–H and O–H groups in total. The maximum atomic E-state index is 12.1. The van der Waals surface area contributed by atoms with Crippen molar-refractivity contribution in [1.82, 2.24) is 10.2 Å². The summed E-state index contributed by atoms with van der Waals surface area (Å²) in [6, 6.07) is 7.19. The van der Waals surface area contributed by atoms with Gasteiger partial charge in [0.15, 0.2) is 0 Å². The van der Waals surface area contributed by atoms with Crippen LogP contribution in [-0.4, -0.2) is 37.4 Å². The smallest absolute Gasteiger partial charge is 0.313 e. The van der Waals surface area contributed by atoms with Crippen LogP contribution < -0.4 is 10.6 Å². The molecule has 0 aliphatic carbocycles. The minimum absolute atomic E-state index is 0.0147. The Morgan fingerprint density at radius 1 is 1.25 bits per heavy atom. The molecule has 0 spiro atoms. The quantitative estimate of drug-likeness (QED) is 0.800. The third-order valence-electron chi connectivity index (χ3n) is 3.73. The summed E-state index contributed by atoms with van der Waals surface area (Å²) >= 11 is 7.61. The number of carbonyl (C=O) groups excluding carboxylic acids is 2. The zero-order valence-electron chi connectivity index (χ0n) is 13.8. The SMILES string of the molecule is Cc1c(Cl)cccc1NC(=O)C(=O)NCC(c1ccsc1)N(C)C. The van der Waals surface area contributed by atoms with E-state index in [2.05, 4.69) is 10.6 Å². The van der Waals surface area contributed by atoms with Gasteiger partial charge in [-0.25, -0.2) is 0 Å². The summed E-state index contributed by atoms with van der Waals surface area (Å²) in [6.45, 7) is 2.14. The van der Waals surface area contributed by atoms with Gasteiger partial charge in [0.25, 0.3) is 0 Å². The van der Waals surface area contributed by atoms with Gasteiger partial charge in [0, 0.05) is 17.3 Å². The Bertz CT molecular complexity index is 717. The molecule has 1 heterocycles.